The zero-order valence-electron chi connectivity index (χ0n) is 28.4. The molecule has 2 aromatic heterocycles. The second kappa shape index (κ2) is 17.6. The van der Waals surface area contributed by atoms with E-state index in [4.69, 9.17) is 40.0 Å². The number of aromatic nitrogens is 6. The summed E-state index contributed by atoms with van der Waals surface area (Å²) in [6.07, 6.45) is -9.99. The van der Waals surface area contributed by atoms with Crippen LogP contribution < -0.4 is 31.9 Å². The van der Waals surface area contributed by atoms with Gasteiger partial charge in [-0.1, -0.05) is 5.21 Å². The zero-order chi connectivity index (χ0) is 38.0. The van der Waals surface area contributed by atoms with E-state index in [1.807, 2.05) is 0 Å². The number of aliphatic hydroxyl groups is 8. The Morgan fingerprint density at radius 3 is 2.36 bits per heavy atom. The standard InChI is InChI=1S/C28H44ClIN9O14/c1-12-17(7-40)51-27(21(44)18(12)41)53-28(11-29)24(47)23(46)25(52-28)30-39-5-15(33-36-39)9-48-8-14-4-38(35-32-14)6-16-19(42)20(43)22(45)26(50-16)49-10-13-3-37(2)34-31-13/h3-5,12,16-27,32,38,40-47H,6-11H2,1-2H3/q-1/t12-,16+,17+,18-,19?,20-,21+,22-,23-,24-,25?,26+,27+,28?/m0/s1. The third kappa shape index (κ3) is 9.10. The Hall–Kier alpha value is -1.80. The quantitative estimate of drug-likeness (QED) is 0.0587. The summed E-state index contributed by atoms with van der Waals surface area (Å²) in [7, 11) is 1.69. The second-order valence-corrected chi connectivity index (χ2v) is 16.1. The van der Waals surface area contributed by atoms with E-state index in [9.17, 15) is 40.9 Å². The number of quaternary nitrogens is 1. The van der Waals surface area contributed by atoms with E-state index in [0.29, 0.717) is 22.1 Å². The van der Waals surface area contributed by atoms with Crippen molar-refractivity contribution >= 4 is 11.6 Å². The fourth-order valence-electron chi connectivity index (χ4n) is 6.02. The first-order chi connectivity index (χ1) is 25.3. The molecule has 6 rings (SSSR count). The summed E-state index contributed by atoms with van der Waals surface area (Å²) in [5.41, 5.74) is 8.61. The van der Waals surface area contributed by atoms with Gasteiger partial charge in [-0.15, -0.1) is 5.10 Å². The molecule has 10 N–H and O–H groups in total. The van der Waals surface area contributed by atoms with Crippen molar-refractivity contribution in [2.75, 3.05) is 25.6 Å². The monoisotopic (exact) mass is 892 g/mol. The fourth-order valence-corrected chi connectivity index (χ4v) is 8.82. The SMILES string of the molecule is C[C@@H]1[C@H](O)[C@@H](O)[C@@H](OC2(CCl)OC([I-]n3cc(COCC4=C[NH+](C[C@H]5O[C@@H](OCc6cn(C)nn6)[C@@H](O)[C@@H](O)C5O)[N-]N4)nn3)[C@@H](O)[C@@H]2O)O[C@@H]1CO. The van der Waals surface area contributed by atoms with Crippen molar-refractivity contribution in [2.24, 2.45) is 13.0 Å². The van der Waals surface area contributed by atoms with Crippen LogP contribution >= 0.6 is 11.6 Å². The molecule has 15 atom stereocenters. The van der Waals surface area contributed by atoms with Gasteiger partial charge >= 0.3 is 239 Å². The molecule has 4 aliphatic rings. The van der Waals surface area contributed by atoms with E-state index in [-0.39, 0.29) is 26.4 Å². The van der Waals surface area contributed by atoms with Gasteiger partial charge < -0.3 is 20.1 Å². The van der Waals surface area contributed by atoms with Crippen molar-refractivity contribution in [1.82, 2.24) is 33.6 Å². The van der Waals surface area contributed by atoms with Crippen LogP contribution in [0.15, 0.2) is 24.3 Å². The van der Waals surface area contributed by atoms with Crippen molar-refractivity contribution in [3.63, 3.8) is 0 Å². The van der Waals surface area contributed by atoms with Crippen molar-refractivity contribution < 1.29 is 95.8 Å². The molecular formula is C28H44ClIN9O14-. The fraction of sp³-hybridized carbons (Fsp3) is 0.786. The molecule has 4 unspecified atom stereocenters. The number of rotatable bonds is 15. The number of ether oxygens (including phenoxy) is 6. The molecule has 4 aliphatic heterocycles. The molecule has 300 valence electrons. The third-order valence-corrected chi connectivity index (χ3v) is 12.1. The van der Waals surface area contributed by atoms with E-state index in [0.717, 1.165) is 0 Å². The minimum atomic E-state index is -2.00. The van der Waals surface area contributed by atoms with E-state index in [1.54, 1.807) is 32.6 Å². The van der Waals surface area contributed by atoms with E-state index < -0.39 is 117 Å². The topological polar surface area (TPSA) is 309 Å². The number of nitrogens with one attached hydrogen (secondary N) is 2. The molecule has 23 nitrogen and oxygen atoms in total. The number of alkyl halides is 2. The van der Waals surface area contributed by atoms with Gasteiger partial charge in [0.05, 0.1) is 12.8 Å². The molecule has 0 saturated carbocycles. The first-order valence-corrected chi connectivity index (χ1v) is 19.3. The van der Waals surface area contributed by atoms with Crippen LogP contribution in [0.4, 0.5) is 0 Å². The van der Waals surface area contributed by atoms with Gasteiger partial charge in [0, 0.05) is 7.05 Å². The molecule has 0 bridgehead atoms. The molecule has 2 aromatic rings. The summed E-state index contributed by atoms with van der Waals surface area (Å²) >= 11 is 4.83. The number of halogens is 2. The van der Waals surface area contributed by atoms with Gasteiger partial charge in [-0.2, -0.15) is 0 Å². The minimum absolute atomic E-state index is 0.0331. The summed E-state index contributed by atoms with van der Waals surface area (Å²) in [5.74, 6) is -3.07. The summed E-state index contributed by atoms with van der Waals surface area (Å²) in [6, 6.07) is 0. The van der Waals surface area contributed by atoms with Gasteiger partial charge in [-0.3, -0.25) is 4.68 Å². The zero-order valence-corrected chi connectivity index (χ0v) is 31.3. The molecule has 3 saturated heterocycles. The molecular weight excluding hydrogens is 849 g/mol. The van der Waals surface area contributed by atoms with E-state index >= 15 is 0 Å². The number of hydrogen-bond acceptors (Lipinski definition) is 19. The summed E-state index contributed by atoms with van der Waals surface area (Å²) < 4.78 is 36.4. The molecule has 0 amide bonds. The molecule has 0 spiro atoms. The molecule has 53 heavy (non-hydrogen) atoms. The molecule has 6 heterocycles. The van der Waals surface area contributed by atoms with Gasteiger partial charge in [0.2, 0.25) is 0 Å². The maximum absolute atomic E-state index is 10.9. The van der Waals surface area contributed by atoms with Crippen LogP contribution in [0.2, 0.25) is 0 Å². The van der Waals surface area contributed by atoms with Gasteiger partial charge in [0.1, 0.15) is 17.9 Å². The van der Waals surface area contributed by atoms with Gasteiger partial charge in [-0.25, -0.2) is 0 Å². The number of aryl methyl sites for hydroxylation is 1. The van der Waals surface area contributed by atoms with Crippen LogP contribution in [0.1, 0.15) is 18.3 Å². The normalized spacial score (nSPS) is 40.5. The average Bonchev–Trinajstić information content (AvgIpc) is 3.94. The Balaban J connectivity index is 0.967. The van der Waals surface area contributed by atoms with Crippen LogP contribution in [0.3, 0.4) is 0 Å². The molecule has 25 heteroatoms. The Bertz CT molecular complexity index is 1530. The predicted octanol–water partition coefficient (Wildman–Crippen LogP) is -9.56. The summed E-state index contributed by atoms with van der Waals surface area (Å²) in [6.45, 7) is 1.34. The second-order valence-electron chi connectivity index (χ2n) is 13.0. The van der Waals surface area contributed by atoms with Crippen molar-refractivity contribution in [3.05, 3.63) is 41.2 Å². The van der Waals surface area contributed by atoms with E-state index in [2.05, 4.69) is 31.6 Å². The average molecular weight is 893 g/mol. The van der Waals surface area contributed by atoms with Crippen LogP contribution in [-0.2, 0) is 48.7 Å². The van der Waals surface area contributed by atoms with Crippen LogP contribution in [0, 0.1) is 5.92 Å². The van der Waals surface area contributed by atoms with Crippen molar-refractivity contribution in [2.45, 2.75) is 97.6 Å². The molecule has 3 fully saturated rings. The van der Waals surface area contributed by atoms with Crippen LogP contribution in [0.5, 0.6) is 0 Å². The summed E-state index contributed by atoms with van der Waals surface area (Å²) in [4.78, 5) is 0. The van der Waals surface area contributed by atoms with Crippen molar-refractivity contribution in [1.29, 1.82) is 0 Å². The predicted molar refractivity (Wildman–Crippen MR) is 166 cm³/mol. The molecule has 0 aliphatic carbocycles. The Kier molecular flexibility index (Phi) is 13.5. The number of nitrogens with zero attached hydrogens (tertiary/aromatic N) is 7. The maximum atomic E-state index is 10.9. The van der Waals surface area contributed by atoms with Crippen LogP contribution in [-0.4, -0.2) is 172 Å². The summed E-state index contributed by atoms with van der Waals surface area (Å²) in [5, 5.41) is 100. The van der Waals surface area contributed by atoms with E-state index in [1.165, 1.54) is 7.58 Å². The Labute approximate surface area is 317 Å². The van der Waals surface area contributed by atoms with Gasteiger partial charge in [0.15, 0.2) is 6.29 Å². The van der Waals surface area contributed by atoms with Crippen LogP contribution in [0.25, 0.3) is 5.53 Å². The number of aliphatic hydroxyl groups excluding tert-OH is 8. The Morgan fingerprint density at radius 1 is 0.925 bits per heavy atom. The third-order valence-electron chi connectivity index (χ3n) is 9.13. The van der Waals surface area contributed by atoms with Gasteiger partial charge in [-0.05, 0) is 0 Å². The first kappa shape index (κ1) is 40.9. The van der Waals surface area contributed by atoms with Gasteiger partial charge in [0.25, 0.3) is 0 Å². The molecule has 0 radical (unpaired) electrons. The molecule has 0 aromatic carbocycles. The Morgan fingerprint density at radius 2 is 1.64 bits per heavy atom. The first-order valence-electron chi connectivity index (χ1n) is 16.5. The van der Waals surface area contributed by atoms with Crippen molar-refractivity contribution in [3.8, 4) is 0 Å². The number of hydrogen-bond donors (Lipinski definition) is 10.